The van der Waals surface area contributed by atoms with Crippen molar-refractivity contribution in [3.63, 3.8) is 0 Å². The molecule has 2 rings (SSSR count). The summed E-state index contributed by atoms with van der Waals surface area (Å²) in [6.45, 7) is 8.36. The fourth-order valence-corrected chi connectivity index (χ4v) is 2.84. The maximum atomic E-state index is 5.49. The average Bonchev–Trinajstić information content (AvgIpc) is 2.38. The summed E-state index contributed by atoms with van der Waals surface area (Å²) < 4.78 is 5.49. The van der Waals surface area contributed by atoms with Gasteiger partial charge in [-0.3, -0.25) is 0 Å². The number of rotatable bonds is 5. The van der Waals surface area contributed by atoms with E-state index in [1.807, 2.05) is 6.26 Å². The molecule has 1 aromatic carbocycles. The topological polar surface area (TPSA) is 21.3 Å². The van der Waals surface area contributed by atoms with Crippen LogP contribution in [-0.4, -0.2) is 19.2 Å². The Labute approximate surface area is 116 Å². The van der Waals surface area contributed by atoms with E-state index in [9.17, 15) is 0 Å². The van der Waals surface area contributed by atoms with Gasteiger partial charge in [-0.25, -0.2) is 0 Å². The van der Waals surface area contributed by atoms with Crippen LogP contribution in [0.5, 0.6) is 0 Å². The van der Waals surface area contributed by atoms with Crippen LogP contribution in [0.3, 0.4) is 0 Å². The first-order chi connectivity index (χ1) is 9.19. The second-order valence-corrected chi connectivity index (χ2v) is 5.48. The highest BCUT2D eigenvalue weighted by Crippen LogP contribution is 2.20. The number of hydrogen-bond donors (Lipinski definition) is 1. The molecule has 104 valence electrons. The molecule has 2 nitrogen and oxygen atoms in total. The monoisotopic (exact) mass is 259 g/mol. The third-order valence-corrected chi connectivity index (χ3v) is 3.58. The minimum Gasteiger partial charge on any atom is -0.501 e. The first kappa shape index (κ1) is 14.1. The van der Waals surface area contributed by atoms with Crippen LogP contribution in [0, 0.1) is 13.8 Å². The van der Waals surface area contributed by atoms with E-state index in [0.717, 1.165) is 32.4 Å². The molecule has 2 heteroatoms. The van der Waals surface area contributed by atoms with E-state index in [2.05, 4.69) is 44.3 Å². The highest BCUT2D eigenvalue weighted by atomic mass is 16.5. The minimum atomic E-state index is 0.409. The molecule has 19 heavy (non-hydrogen) atoms. The van der Waals surface area contributed by atoms with E-state index in [4.69, 9.17) is 4.74 Å². The van der Waals surface area contributed by atoms with Gasteiger partial charge >= 0.3 is 0 Å². The summed E-state index contributed by atoms with van der Waals surface area (Å²) in [5.74, 6) is 0. The smallest absolute Gasteiger partial charge is 0.0876 e. The Bertz CT molecular complexity index is 430. The van der Waals surface area contributed by atoms with E-state index in [-0.39, 0.29) is 0 Å². The number of aryl methyl sites for hydroxylation is 2. The van der Waals surface area contributed by atoms with Gasteiger partial charge in [0, 0.05) is 6.04 Å². The molecule has 0 saturated heterocycles. The van der Waals surface area contributed by atoms with Gasteiger partial charge in [0.05, 0.1) is 12.9 Å². The zero-order valence-electron chi connectivity index (χ0n) is 12.3. The molecule has 1 aliphatic rings. The third kappa shape index (κ3) is 4.10. The number of nitrogens with one attached hydrogen (secondary N) is 1. The summed E-state index contributed by atoms with van der Waals surface area (Å²) in [4.78, 5) is 0. The normalized spacial score (nSPS) is 16.7. The number of ether oxygens (including phenoxy) is 1. The molecule has 0 radical (unpaired) electrons. The highest BCUT2D eigenvalue weighted by Gasteiger charge is 2.17. The van der Waals surface area contributed by atoms with Gasteiger partial charge in [-0.05, 0) is 50.8 Å². The number of benzene rings is 1. The van der Waals surface area contributed by atoms with Gasteiger partial charge in [0.15, 0.2) is 0 Å². The van der Waals surface area contributed by atoms with Gasteiger partial charge in [-0.2, -0.15) is 0 Å². The van der Waals surface area contributed by atoms with Gasteiger partial charge in [0.25, 0.3) is 0 Å². The lowest BCUT2D eigenvalue weighted by Gasteiger charge is -2.24. The van der Waals surface area contributed by atoms with E-state index < -0.39 is 0 Å². The van der Waals surface area contributed by atoms with Crippen molar-refractivity contribution in [1.82, 2.24) is 5.32 Å². The Morgan fingerprint density at radius 2 is 1.95 bits per heavy atom. The molecule has 1 atom stereocenters. The Kier molecular flexibility index (Phi) is 5.03. The van der Waals surface area contributed by atoms with E-state index in [1.165, 1.54) is 22.3 Å². The van der Waals surface area contributed by atoms with Crippen molar-refractivity contribution >= 4 is 0 Å². The van der Waals surface area contributed by atoms with Gasteiger partial charge in [0.1, 0.15) is 0 Å². The standard InChI is InChI=1S/C17H25NO/c1-4-18-17(16-6-5-7-19-12-16)11-15-9-13(2)8-14(3)10-15/h8-10,12,17-18H,4-7,11H2,1-3H3. The molecule has 0 saturated carbocycles. The molecule has 0 bridgehead atoms. The SMILES string of the molecule is CCNC(Cc1cc(C)cc(C)c1)C1=COCCC1. The molecule has 1 aromatic rings. The van der Waals surface area contributed by atoms with E-state index in [0.29, 0.717) is 6.04 Å². The van der Waals surface area contributed by atoms with Crippen LogP contribution in [-0.2, 0) is 11.2 Å². The second-order valence-electron chi connectivity index (χ2n) is 5.48. The van der Waals surface area contributed by atoms with E-state index >= 15 is 0 Å². The molecule has 0 amide bonds. The number of likely N-dealkylation sites (N-methyl/N-ethyl adjacent to an activating group) is 1. The van der Waals surface area contributed by atoms with Crippen molar-refractivity contribution in [3.05, 3.63) is 46.7 Å². The maximum Gasteiger partial charge on any atom is 0.0876 e. The number of hydrogen-bond acceptors (Lipinski definition) is 2. The summed E-state index contributed by atoms with van der Waals surface area (Å²) in [5, 5.41) is 3.59. The third-order valence-electron chi connectivity index (χ3n) is 3.58. The zero-order chi connectivity index (χ0) is 13.7. The van der Waals surface area contributed by atoms with Crippen LogP contribution in [0.2, 0.25) is 0 Å². The van der Waals surface area contributed by atoms with Gasteiger partial charge < -0.3 is 10.1 Å². The summed E-state index contributed by atoms with van der Waals surface area (Å²) in [6.07, 6.45) is 5.31. The second kappa shape index (κ2) is 6.76. The quantitative estimate of drug-likeness (QED) is 0.873. The summed E-state index contributed by atoms with van der Waals surface area (Å²) in [6, 6.07) is 7.23. The maximum absolute atomic E-state index is 5.49. The molecule has 1 unspecified atom stereocenters. The minimum absolute atomic E-state index is 0.409. The van der Waals surface area contributed by atoms with Gasteiger partial charge in [-0.1, -0.05) is 36.2 Å². The molecule has 0 aromatic heterocycles. The molecule has 0 fully saturated rings. The van der Waals surface area contributed by atoms with Crippen molar-refractivity contribution in [2.45, 2.75) is 46.1 Å². The average molecular weight is 259 g/mol. The highest BCUT2D eigenvalue weighted by molar-refractivity contribution is 5.30. The first-order valence-corrected chi connectivity index (χ1v) is 7.30. The molecule has 1 aliphatic heterocycles. The zero-order valence-corrected chi connectivity index (χ0v) is 12.3. The van der Waals surface area contributed by atoms with Crippen LogP contribution in [0.1, 0.15) is 36.5 Å². The molecule has 1 heterocycles. The summed E-state index contributed by atoms with van der Waals surface area (Å²) >= 11 is 0. The van der Waals surface area contributed by atoms with Crippen molar-refractivity contribution in [2.75, 3.05) is 13.2 Å². The fourth-order valence-electron chi connectivity index (χ4n) is 2.84. The van der Waals surface area contributed by atoms with Crippen molar-refractivity contribution in [1.29, 1.82) is 0 Å². The summed E-state index contributed by atoms with van der Waals surface area (Å²) in [5.41, 5.74) is 5.51. The van der Waals surface area contributed by atoms with Crippen LogP contribution < -0.4 is 5.32 Å². The molecule has 0 aliphatic carbocycles. The van der Waals surface area contributed by atoms with Crippen LogP contribution in [0.4, 0.5) is 0 Å². The molecular weight excluding hydrogens is 234 g/mol. The van der Waals surface area contributed by atoms with Gasteiger partial charge in [0.2, 0.25) is 0 Å². The Morgan fingerprint density at radius 3 is 2.53 bits per heavy atom. The van der Waals surface area contributed by atoms with Crippen LogP contribution in [0.15, 0.2) is 30.0 Å². The Morgan fingerprint density at radius 1 is 1.21 bits per heavy atom. The molecule has 0 spiro atoms. The van der Waals surface area contributed by atoms with Crippen LogP contribution >= 0.6 is 0 Å². The van der Waals surface area contributed by atoms with Crippen molar-refractivity contribution in [3.8, 4) is 0 Å². The first-order valence-electron chi connectivity index (χ1n) is 7.30. The van der Waals surface area contributed by atoms with Crippen molar-refractivity contribution < 1.29 is 4.74 Å². The summed E-state index contributed by atoms with van der Waals surface area (Å²) in [7, 11) is 0. The molecule has 1 N–H and O–H groups in total. The van der Waals surface area contributed by atoms with Crippen LogP contribution in [0.25, 0.3) is 0 Å². The predicted octanol–water partition coefficient (Wildman–Crippen LogP) is 3.52. The predicted molar refractivity (Wildman–Crippen MR) is 80.4 cm³/mol. The largest absolute Gasteiger partial charge is 0.501 e. The Balaban J connectivity index is 2.13. The lowest BCUT2D eigenvalue weighted by molar-refractivity contribution is 0.219. The molecular formula is C17H25NO. The lowest BCUT2D eigenvalue weighted by atomic mass is 9.94. The lowest BCUT2D eigenvalue weighted by Crippen LogP contribution is -2.34. The van der Waals surface area contributed by atoms with Gasteiger partial charge in [-0.15, -0.1) is 0 Å². The van der Waals surface area contributed by atoms with E-state index in [1.54, 1.807) is 0 Å². The Hall–Kier alpha value is -1.28. The fraction of sp³-hybridized carbons (Fsp3) is 0.529. The van der Waals surface area contributed by atoms with Crippen molar-refractivity contribution in [2.24, 2.45) is 0 Å².